The molecule has 0 amide bonds. The van der Waals surface area contributed by atoms with Gasteiger partial charge in [-0.05, 0) is 31.7 Å². The third kappa shape index (κ3) is 3.62. The van der Waals surface area contributed by atoms with Crippen molar-refractivity contribution in [2.45, 2.75) is 6.92 Å². The quantitative estimate of drug-likeness (QED) is 0.782. The van der Waals surface area contributed by atoms with Crippen LogP contribution in [-0.4, -0.2) is 13.6 Å². The summed E-state index contributed by atoms with van der Waals surface area (Å²) in [6.45, 7) is 3.00. The summed E-state index contributed by atoms with van der Waals surface area (Å²) >= 11 is 5.86. The molecule has 0 heterocycles. The highest BCUT2D eigenvalue weighted by Crippen LogP contribution is 2.13. The fraction of sp³-hybridized carbons (Fsp3) is 0.273. The van der Waals surface area contributed by atoms with Gasteiger partial charge in [-0.3, -0.25) is 0 Å². The summed E-state index contributed by atoms with van der Waals surface area (Å²) in [6.07, 6.45) is 2.13. The van der Waals surface area contributed by atoms with Gasteiger partial charge in [-0.15, -0.1) is 0 Å². The van der Waals surface area contributed by atoms with Gasteiger partial charge in [-0.1, -0.05) is 35.4 Å². The minimum Gasteiger partial charge on any atom is -0.316 e. The fourth-order valence-corrected chi connectivity index (χ4v) is 1.41. The molecule has 0 radical (unpaired) electrons. The van der Waals surface area contributed by atoms with Crippen molar-refractivity contribution in [1.82, 2.24) is 5.32 Å². The summed E-state index contributed by atoms with van der Waals surface area (Å²) in [5.74, 6) is 0. The van der Waals surface area contributed by atoms with E-state index in [0.717, 1.165) is 17.1 Å². The van der Waals surface area contributed by atoms with E-state index < -0.39 is 0 Å². The van der Waals surface area contributed by atoms with Crippen molar-refractivity contribution in [3.63, 3.8) is 0 Å². The lowest BCUT2D eigenvalue weighted by Gasteiger charge is -2.00. The van der Waals surface area contributed by atoms with Crippen molar-refractivity contribution in [3.8, 4) is 0 Å². The second-order valence-corrected chi connectivity index (χ2v) is 3.51. The molecule has 1 nitrogen and oxygen atoms in total. The molecule has 1 N–H and O–H groups in total. The molecule has 0 saturated heterocycles. The molecular formula is C11H14ClN. The summed E-state index contributed by atoms with van der Waals surface area (Å²) in [4.78, 5) is 0. The zero-order chi connectivity index (χ0) is 9.68. The number of nitrogens with one attached hydrogen (secondary N) is 1. The van der Waals surface area contributed by atoms with E-state index in [1.54, 1.807) is 0 Å². The van der Waals surface area contributed by atoms with E-state index >= 15 is 0 Å². The molecule has 0 saturated carbocycles. The van der Waals surface area contributed by atoms with Crippen molar-refractivity contribution in [2.75, 3.05) is 13.6 Å². The largest absolute Gasteiger partial charge is 0.316 e. The van der Waals surface area contributed by atoms with Gasteiger partial charge in [0.1, 0.15) is 0 Å². The second-order valence-electron chi connectivity index (χ2n) is 3.08. The number of benzene rings is 1. The summed E-state index contributed by atoms with van der Waals surface area (Å²) < 4.78 is 0. The molecule has 0 atom stereocenters. The van der Waals surface area contributed by atoms with Crippen LogP contribution in [0.25, 0.3) is 6.08 Å². The van der Waals surface area contributed by atoms with Crippen LogP contribution in [0.15, 0.2) is 29.8 Å². The van der Waals surface area contributed by atoms with E-state index in [2.05, 4.69) is 18.3 Å². The van der Waals surface area contributed by atoms with Gasteiger partial charge in [-0.2, -0.15) is 0 Å². The van der Waals surface area contributed by atoms with Gasteiger partial charge in [0.15, 0.2) is 0 Å². The minimum absolute atomic E-state index is 0.783. The Hall–Kier alpha value is -0.790. The number of hydrogen-bond acceptors (Lipinski definition) is 1. The van der Waals surface area contributed by atoms with E-state index in [4.69, 9.17) is 11.6 Å². The molecule has 0 aliphatic carbocycles. The highest BCUT2D eigenvalue weighted by molar-refractivity contribution is 6.30. The topological polar surface area (TPSA) is 12.0 Å². The SMILES string of the molecule is CNCC(C)=Cc1cccc(Cl)c1. The molecule has 2 heteroatoms. The third-order valence-corrected chi connectivity index (χ3v) is 1.95. The van der Waals surface area contributed by atoms with E-state index in [1.165, 1.54) is 5.57 Å². The van der Waals surface area contributed by atoms with Gasteiger partial charge < -0.3 is 5.32 Å². The molecule has 0 unspecified atom stereocenters. The van der Waals surface area contributed by atoms with Gasteiger partial charge >= 0.3 is 0 Å². The number of hydrogen-bond donors (Lipinski definition) is 1. The van der Waals surface area contributed by atoms with Crippen LogP contribution in [0.1, 0.15) is 12.5 Å². The maximum atomic E-state index is 5.86. The van der Waals surface area contributed by atoms with Crippen molar-refractivity contribution < 1.29 is 0 Å². The van der Waals surface area contributed by atoms with Gasteiger partial charge in [0.2, 0.25) is 0 Å². The molecule has 0 bridgehead atoms. The number of likely N-dealkylation sites (N-methyl/N-ethyl adjacent to an activating group) is 1. The number of rotatable bonds is 3. The predicted molar refractivity (Wildman–Crippen MR) is 59.0 cm³/mol. The van der Waals surface area contributed by atoms with E-state index in [-0.39, 0.29) is 0 Å². The Balaban J connectivity index is 2.78. The van der Waals surface area contributed by atoms with Gasteiger partial charge in [-0.25, -0.2) is 0 Å². The molecule has 1 aromatic rings. The van der Waals surface area contributed by atoms with Crippen molar-refractivity contribution in [3.05, 3.63) is 40.4 Å². The van der Waals surface area contributed by atoms with Crippen molar-refractivity contribution >= 4 is 17.7 Å². The van der Waals surface area contributed by atoms with Crippen LogP contribution < -0.4 is 5.32 Å². The van der Waals surface area contributed by atoms with E-state index in [1.807, 2.05) is 31.3 Å². The van der Waals surface area contributed by atoms with Crippen LogP contribution >= 0.6 is 11.6 Å². The molecule has 0 fully saturated rings. The third-order valence-electron chi connectivity index (χ3n) is 1.72. The molecule has 1 aromatic carbocycles. The zero-order valence-corrected chi connectivity index (χ0v) is 8.73. The van der Waals surface area contributed by atoms with Crippen molar-refractivity contribution in [1.29, 1.82) is 0 Å². The molecule has 13 heavy (non-hydrogen) atoms. The maximum Gasteiger partial charge on any atom is 0.0411 e. The molecule has 0 aliphatic heterocycles. The average Bonchev–Trinajstić information content (AvgIpc) is 2.04. The monoisotopic (exact) mass is 195 g/mol. The Kier molecular flexibility index (Phi) is 4.00. The lowest BCUT2D eigenvalue weighted by molar-refractivity contribution is 0.884. The van der Waals surface area contributed by atoms with Crippen LogP contribution in [-0.2, 0) is 0 Å². The Bertz CT molecular complexity index is 305. The van der Waals surface area contributed by atoms with Gasteiger partial charge in [0.25, 0.3) is 0 Å². The van der Waals surface area contributed by atoms with Crippen LogP contribution in [0.5, 0.6) is 0 Å². The minimum atomic E-state index is 0.783. The first-order chi connectivity index (χ1) is 6.22. The molecule has 1 rings (SSSR count). The molecule has 70 valence electrons. The highest BCUT2D eigenvalue weighted by Gasteiger charge is 1.91. The van der Waals surface area contributed by atoms with Crippen LogP contribution in [0.3, 0.4) is 0 Å². The normalized spacial score (nSPS) is 11.8. The Morgan fingerprint density at radius 3 is 2.92 bits per heavy atom. The van der Waals surface area contributed by atoms with E-state index in [0.29, 0.717) is 0 Å². The molecule has 0 aromatic heterocycles. The molecule has 0 aliphatic rings. The van der Waals surface area contributed by atoms with E-state index in [9.17, 15) is 0 Å². The smallest absolute Gasteiger partial charge is 0.0411 e. The summed E-state index contributed by atoms with van der Waals surface area (Å²) in [5.41, 5.74) is 2.45. The van der Waals surface area contributed by atoms with Crippen LogP contribution in [0, 0.1) is 0 Å². The van der Waals surface area contributed by atoms with Crippen molar-refractivity contribution in [2.24, 2.45) is 0 Å². The maximum absolute atomic E-state index is 5.86. The first-order valence-electron chi connectivity index (χ1n) is 4.29. The van der Waals surface area contributed by atoms with Gasteiger partial charge in [0.05, 0.1) is 0 Å². The van der Waals surface area contributed by atoms with Crippen LogP contribution in [0.4, 0.5) is 0 Å². The Morgan fingerprint density at radius 1 is 1.54 bits per heavy atom. The average molecular weight is 196 g/mol. The number of halogens is 1. The highest BCUT2D eigenvalue weighted by atomic mass is 35.5. The standard InChI is InChI=1S/C11H14ClN/c1-9(8-13-2)6-10-4-3-5-11(12)7-10/h3-7,13H,8H2,1-2H3. The first kappa shape index (κ1) is 10.3. The fourth-order valence-electron chi connectivity index (χ4n) is 1.21. The summed E-state index contributed by atoms with van der Waals surface area (Å²) in [7, 11) is 1.94. The second kappa shape index (κ2) is 5.05. The predicted octanol–water partition coefficient (Wildman–Crippen LogP) is 2.96. The first-order valence-corrected chi connectivity index (χ1v) is 4.67. The Labute approximate surface area is 84.4 Å². The zero-order valence-electron chi connectivity index (χ0n) is 7.97. The van der Waals surface area contributed by atoms with Gasteiger partial charge in [0, 0.05) is 11.6 Å². The lowest BCUT2D eigenvalue weighted by Crippen LogP contribution is -2.08. The van der Waals surface area contributed by atoms with Crippen LogP contribution in [0.2, 0.25) is 5.02 Å². The lowest BCUT2D eigenvalue weighted by atomic mass is 10.1. The molecule has 0 spiro atoms. The summed E-state index contributed by atoms with van der Waals surface area (Å²) in [5, 5.41) is 3.88. The summed E-state index contributed by atoms with van der Waals surface area (Å²) in [6, 6.07) is 7.85. The Morgan fingerprint density at radius 2 is 2.31 bits per heavy atom. The molecular weight excluding hydrogens is 182 g/mol.